The molecule has 1 aromatic rings. The molecular weight excluding hydrogens is 284 g/mol. The number of hydrogen-bond acceptors (Lipinski definition) is 6. The quantitative estimate of drug-likeness (QED) is 0.697. The average Bonchev–Trinajstić information content (AvgIpc) is 2.49. The lowest BCUT2D eigenvalue weighted by Crippen LogP contribution is -2.48. The Bertz CT molecular complexity index is 501. The van der Waals surface area contributed by atoms with Gasteiger partial charge in [0.1, 0.15) is 5.82 Å². The summed E-state index contributed by atoms with van der Waals surface area (Å²) >= 11 is 0. The summed E-state index contributed by atoms with van der Waals surface area (Å²) in [6.07, 6.45) is 6.47. The first-order chi connectivity index (χ1) is 10.5. The molecule has 0 atom stereocenters. The number of likely N-dealkylation sites (N-methyl/N-ethyl adjacent to an activating group) is 1. The molecule has 8 nitrogen and oxygen atoms in total. The van der Waals surface area contributed by atoms with E-state index in [0.717, 1.165) is 25.9 Å². The Morgan fingerprint density at radius 1 is 1.41 bits per heavy atom. The van der Waals surface area contributed by atoms with Crippen molar-refractivity contribution in [2.24, 2.45) is 5.73 Å². The third-order valence-corrected chi connectivity index (χ3v) is 3.65. The van der Waals surface area contributed by atoms with Crippen LogP contribution in [0.5, 0.6) is 0 Å². The van der Waals surface area contributed by atoms with Crippen LogP contribution in [0.3, 0.4) is 0 Å². The van der Waals surface area contributed by atoms with Gasteiger partial charge in [-0.05, 0) is 12.8 Å². The van der Waals surface area contributed by atoms with Crippen molar-refractivity contribution < 1.29 is 9.59 Å². The minimum atomic E-state index is -0.312. The number of likely N-dealkylation sites (tertiary alicyclic amines) is 1. The zero-order valence-corrected chi connectivity index (χ0v) is 12.7. The fraction of sp³-hybridized carbons (Fsp3) is 0.571. The first-order valence-corrected chi connectivity index (χ1v) is 7.32. The van der Waals surface area contributed by atoms with E-state index in [0.29, 0.717) is 5.82 Å². The molecule has 0 bridgehead atoms. The number of carbonyl (C=O) groups excluding carboxylic acids is 2. The predicted molar refractivity (Wildman–Crippen MR) is 82.1 cm³/mol. The second kappa shape index (κ2) is 7.69. The van der Waals surface area contributed by atoms with E-state index in [1.165, 1.54) is 0 Å². The van der Waals surface area contributed by atoms with Gasteiger partial charge in [0, 0.05) is 38.6 Å². The van der Waals surface area contributed by atoms with Crippen LogP contribution in [-0.4, -0.2) is 66.0 Å². The molecule has 8 heteroatoms. The summed E-state index contributed by atoms with van der Waals surface area (Å²) in [5.74, 6) is 0.309. The Morgan fingerprint density at radius 3 is 2.73 bits per heavy atom. The van der Waals surface area contributed by atoms with Gasteiger partial charge >= 0.3 is 0 Å². The van der Waals surface area contributed by atoms with Crippen LogP contribution in [0.2, 0.25) is 0 Å². The molecule has 1 saturated heterocycles. The first kappa shape index (κ1) is 16.2. The zero-order chi connectivity index (χ0) is 15.9. The Balaban J connectivity index is 1.73. The van der Waals surface area contributed by atoms with Crippen LogP contribution in [-0.2, 0) is 9.59 Å². The van der Waals surface area contributed by atoms with Crippen molar-refractivity contribution in [1.29, 1.82) is 0 Å². The highest BCUT2D eigenvalue weighted by Crippen LogP contribution is 2.10. The number of piperidine rings is 1. The molecule has 0 saturated carbocycles. The van der Waals surface area contributed by atoms with Gasteiger partial charge in [0.25, 0.3) is 0 Å². The maximum Gasteiger partial charge on any atom is 0.239 e. The number of rotatable bonds is 6. The number of primary amides is 1. The number of nitrogens with zero attached hydrogens (tertiary/aromatic N) is 4. The minimum absolute atomic E-state index is 0.0403. The Kier molecular flexibility index (Phi) is 5.65. The van der Waals surface area contributed by atoms with Gasteiger partial charge in [-0.25, -0.2) is 4.98 Å². The van der Waals surface area contributed by atoms with E-state index in [-0.39, 0.29) is 30.9 Å². The van der Waals surface area contributed by atoms with Gasteiger partial charge in [-0.3, -0.25) is 19.5 Å². The summed E-state index contributed by atoms with van der Waals surface area (Å²) in [6, 6.07) is 0.145. The fourth-order valence-electron chi connectivity index (χ4n) is 2.51. The lowest BCUT2D eigenvalue weighted by atomic mass is 10.1. The van der Waals surface area contributed by atoms with Gasteiger partial charge in [-0.1, -0.05) is 0 Å². The summed E-state index contributed by atoms with van der Waals surface area (Å²) in [7, 11) is 1.80. The van der Waals surface area contributed by atoms with Crippen molar-refractivity contribution in [2.45, 2.75) is 18.9 Å². The molecular formula is C14H22N6O2. The van der Waals surface area contributed by atoms with E-state index >= 15 is 0 Å². The van der Waals surface area contributed by atoms with Crippen molar-refractivity contribution in [3.63, 3.8) is 0 Å². The SMILES string of the molecule is CN(CC(=O)NC1CCN(CC(N)=O)CC1)c1cnccn1. The average molecular weight is 306 g/mol. The van der Waals surface area contributed by atoms with Crippen LogP contribution in [0.15, 0.2) is 18.6 Å². The summed E-state index contributed by atoms with van der Waals surface area (Å²) in [5, 5.41) is 3.02. The van der Waals surface area contributed by atoms with E-state index in [1.807, 2.05) is 4.90 Å². The van der Waals surface area contributed by atoms with Crippen molar-refractivity contribution in [1.82, 2.24) is 20.2 Å². The Labute approximate surface area is 129 Å². The molecule has 3 N–H and O–H groups in total. The van der Waals surface area contributed by atoms with E-state index in [2.05, 4.69) is 15.3 Å². The fourth-order valence-corrected chi connectivity index (χ4v) is 2.51. The molecule has 1 aliphatic heterocycles. The number of hydrogen-bond donors (Lipinski definition) is 2. The van der Waals surface area contributed by atoms with Gasteiger partial charge in [0.2, 0.25) is 11.8 Å². The number of amides is 2. The topological polar surface area (TPSA) is 104 Å². The lowest BCUT2D eigenvalue weighted by Gasteiger charge is -2.31. The maximum atomic E-state index is 12.1. The Hall–Kier alpha value is -2.22. The second-order valence-corrected chi connectivity index (χ2v) is 5.50. The Morgan fingerprint density at radius 2 is 2.14 bits per heavy atom. The molecule has 1 aliphatic rings. The molecule has 0 radical (unpaired) electrons. The van der Waals surface area contributed by atoms with Crippen molar-refractivity contribution in [3.8, 4) is 0 Å². The van der Waals surface area contributed by atoms with E-state index in [1.54, 1.807) is 30.5 Å². The van der Waals surface area contributed by atoms with Crippen LogP contribution < -0.4 is 16.0 Å². The largest absolute Gasteiger partial charge is 0.369 e. The zero-order valence-electron chi connectivity index (χ0n) is 12.7. The van der Waals surface area contributed by atoms with E-state index in [9.17, 15) is 9.59 Å². The first-order valence-electron chi connectivity index (χ1n) is 7.32. The van der Waals surface area contributed by atoms with Gasteiger partial charge in [-0.2, -0.15) is 0 Å². The lowest BCUT2D eigenvalue weighted by molar-refractivity contribution is -0.122. The van der Waals surface area contributed by atoms with Crippen LogP contribution in [0.4, 0.5) is 5.82 Å². The smallest absolute Gasteiger partial charge is 0.239 e. The normalized spacial score (nSPS) is 16.2. The van der Waals surface area contributed by atoms with Crippen LogP contribution in [0, 0.1) is 0 Å². The van der Waals surface area contributed by atoms with Crippen molar-refractivity contribution in [3.05, 3.63) is 18.6 Å². The summed E-state index contributed by atoms with van der Waals surface area (Å²) < 4.78 is 0. The molecule has 0 spiro atoms. The molecule has 22 heavy (non-hydrogen) atoms. The molecule has 2 heterocycles. The van der Waals surface area contributed by atoms with Crippen LogP contribution in [0.1, 0.15) is 12.8 Å². The molecule has 1 fully saturated rings. The molecule has 2 rings (SSSR count). The summed E-state index contributed by atoms with van der Waals surface area (Å²) in [4.78, 5) is 34.8. The van der Waals surface area contributed by atoms with E-state index < -0.39 is 0 Å². The van der Waals surface area contributed by atoms with Crippen molar-refractivity contribution in [2.75, 3.05) is 38.1 Å². The maximum absolute atomic E-state index is 12.1. The van der Waals surface area contributed by atoms with Gasteiger partial charge in [-0.15, -0.1) is 0 Å². The third-order valence-electron chi connectivity index (χ3n) is 3.65. The molecule has 0 aliphatic carbocycles. The highest BCUT2D eigenvalue weighted by molar-refractivity contribution is 5.81. The molecule has 1 aromatic heterocycles. The van der Waals surface area contributed by atoms with Crippen LogP contribution in [0.25, 0.3) is 0 Å². The highest BCUT2D eigenvalue weighted by atomic mass is 16.2. The molecule has 120 valence electrons. The number of anilines is 1. The number of nitrogens with one attached hydrogen (secondary N) is 1. The third kappa shape index (κ3) is 4.96. The molecule has 2 amide bonds. The predicted octanol–water partition coefficient (Wildman–Crippen LogP) is -1.02. The van der Waals surface area contributed by atoms with Gasteiger partial charge in [0.05, 0.1) is 19.3 Å². The van der Waals surface area contributed by atoms with Crippen molar-refractivity contribution >= 4 is 17.6 Å². The number of nitrogens with two attached hydrogens (primary N) is 1. The second-order valence-electron chi connectivity index (χ2n) is 5.50. The summed E-state index contributed by atoms with van der Waals surface area (Å²) in [6.45, 7) is 2.07. The van der Waals surface area contributed by atoms with Crippen LogP contribution >= 0.6 is 0 Å². The van der Waals surface area contributed by atoms with Gasteiger partial charge < -0.3 is 16.0 Å². The van der Waals surface area contributed by atoms with E-state index in [4.69, 9.17) is 5.73 Å². The summed E-state index contributed by atoms with van der Waals surface area (Å²) in [5.41, 5.74) is 5.18. The highest BCUT2D eigenvalue weighted by Gasteiger charge is 2.21. The monoisotopic (exact) mass is 306 g/mol. The van der Waals surface area contributed by atoms with Gasteiger partial charge in [0.15, 0.2) is 0 Å². The number of aromatic nitrogens is 2. The molecule has 0 aromatic carbocycles. The molecule has 0 unspecified atom stereocenters. The number of carbonyl (C=O) groups is 2. The standard InChI is InChI=1S/C14H22N6O2/c1-19(13-8-16-4-5-17-13)10-14(22)18-11-2-6-20(7-3-11)9-12(15)21/h4-5,8,11H,2-3,6-7,9-10H2,1H3,(H2,15,21)(H,18,22). The minimum Gasteiger partial charge on any atom is -0.369 e.